The van der Waals surface area contributed by atoms with Crippen LogP contribution in [0.25, 0.3) is 0 Å². The van der Waals surface area contributed by atoms with E-state index in [1.165, 1.54) is 5.56 Å². The number of hydrogen-bond donors (Lipinski definition) is 1. The van der Waals surface area contributed by atoms with Gasteiger partial charge < -0.3 is 15.0 Å². The van der Waals surface area contributed by atoms with Crippen LogP contribution in [0.1, 0.15) is 51.2 Å². The summed E-state index contributed by atoms with van der Waals surface area (Å²) in [6.45, 7) is 8.79. The molecule has 2 rings (SSSR count). The molecule has 0 aliphatic heterocycles. The van der Waals surface area contributed by atoms with Gasteiger partial charge in [-0.2, -0.15) is 0 Å². The van der Waals surface area contributed by atoms with Gasteiger partial charge in [0, 0.05) is 17.6 Å². The SMILES string of the molecule is CCCNC(=O)[C@H](C)N(Cc1cccc(Br)c1)C(=O)COc1ccc(C(C)C)cc1. The summed E-state index contributed by atoms with van der Waals surface area (Å²) in [7, 11) is 0. The van der Waals surface area contributed by atoms with Gasteiger partial charge in [0.2, 0.25) is 5.91 Å². The lowest BCUT2D eigenvalue weighted by Crippen LogP contribution is -2.49. The van der Waals surface area contributed by atoms with Gasteiger partial charge in [-0.1, -0.05) is 61.0 Å². The first-order valence-corrected chi connectivity index (χ1v) is 11.2. The number of halogens is 1. The summed E-state index contributed by atoms with van der Waals surface area (Å²) < 4.78 is 6.65. The van der Waals surface area contributed by atoms with Crippen LogP contribution in [0.5, 0.6) is 5.75 Å². The minimum Gasteiger partial charge on any atom is -0.484 e. The van der Waals surface area contributed by atoms with Gasteiger partial charge in [-0.15, -0.1) is 0 Å². The normalized spacial score (nSPS) is 11.8. The minimum atomic E-state index is -0.602. The van der Waals surface area contributed by atoms with E-state index in [-0.39, 0.29) is 18.4 Å². The molecule has 0 aliphatic rings. The Morgan fingerprint density at radius 2 is 1.80 bits per heavy atom. The van der Waals surface area contributed by atoms with Gasteiger partial charge in [0.25, 0.3) is 5.91 Å². The molecule has 0 aliphatic carbocycles. The van der Waals surface area contributed by atoms with Crippen LogP contribution in [-0.4, -0.2) is 35.9 Å². The predicted molar refractivity (Wildman–Crippen MR) is 123 cm³/mol. The second-order valence-electron chi connectivity index (χ2n) is 7.63. The molecule has 1 atom stereocenters. The molecule has 0 saturated heterocycles. The molecule has 0 bridgehead atoms. The Hall–Kier alpha value is -2.34. The Bertz CT molecular complexity index is 837. The molecule has 1 N–H and O–H groups in total. The number of amides is 2. The predicted octanol–water partition coefficient (Wildman–Crippen LogP) is 4.89. The number of nitrogens with one attached hydrogen (secondary N) is 1. The van der Waals surface area contributed by atoms with E-state index < -0.39 is 6.04 Å². The molecular formula is C24H31BrN2O3. The van der Waals surface area contributed by atoms with Crippen LogP contribution < -0.4 is 10.1 Å². The lowest BCUT2D eigenvalue weighted by atomic mass is 10.0. The highest BCUT2D eigenvalue weighted by Gasteiger charge is 2.26. The summed E-state index contributed by atoms with van der Waals surface area (Å²) in [4.78, 5) is 27.1. The topological polar surface area (TPSA) is 58.6 Å². The van der Waals surface area contributed by atoms with Crippen molar-refractivity contribution in [2.75, 3.05) is 13.2 Å². The average molecular weight is 475 g/mol. The number of carbonyl (C=O) groups is 2. The Balaban J connectivity index is 2.11. The minimum absolute atomic E-state index is 0.125. The van der Waals surface area contributed by atoms with Crippen molar-refractivity contribution >= 4 is 27.7 Å². The number of nitrogens with zero attached hydrogens (tertiary/aromatic N) is 1. The molecule has 2 aromatic rings. The molecule has 2 amide bonds. The first-order chi connectivity index (χ1) is 14.3. The fourth-order valence-electron chi connectivity index (χ4n) is 2.99. The Morgan fingerprint density at radius 3 is 2.40 bits per heavy atom. The third-order valence-corrected chi connectivity index (χ3v) is 5.36. The van der Waals surface area contributed by atoms with Crippen LogP contribution >= 0.6 is 15.9 Å². The zero-order chi connectivity index (χ0) is 22.1. The van der Waals surface area contributed by atoms with Crippen molar-refractivity contribution in [3.63, 3.8) is 0 Å². The molecule has 30 heavy (non-hydrogen) atoms. The molecule has 162 valence electrons. The molecule has 6 heteroatoms. The van der Waals surface area contributed by atoms with Crippen LogP contribution in [0.2, 0.25) is 0 Å². The second-order valence-corrected chi connectivity index (χ2v) is 8.55. The van der Waals surface area contributed by atoms with Crippen molar-refractivity contribution in [1.29, 1.82) is 0 Å². The molecule has 5 nitrogen and oxygen atoms in total. The summed E-state index contributed by atoms with van der Waals surface area (Å²) in [5, 5.41) is 2.87. The van der Waals surface area contributed by atoms with Crippen LogP contribution in [0.4, 0.5) is 0 Å². The van der Waals surface area contributed by atoms with Crippen molar-refractivity contribution in [3.05, 3.63) is 64.1 Å². The van der Waals surface area contributed by atoms with Crippen LogP contribution in [0.15, 0.2) is 53.0 Å². The quantitative estimate of drug-likeness (QED) is 0.532. The molecular weight excluding hydrogens is 444 g/mol. The maximum atomic E-state index is 13.0. The van der Waals surface area contributed by atoms with E-state index in [9.17, 15) is 9.59 Å². The van der Waals surface area contributed by atoms with E-state index in [2.05, 4.69) is 35.1 Å². The van der Waals surface area contributed by atoms with Crippen molar-refractivity contribution in [2.24, 2.45) is 0 Å². The Morgan fingerprint density at radius 1 is 1.10 bits per heavy atom. The van der Waals surface area contributed by atoms with Gasteiger partial charge in [0.15, 0.2) is 6.61 Å². The lowest BCUT2D eigenvalue weighted by Gasteiger charge is -2.28. The van der Waals surface area contributed by atoms with Crippen molar-refractivity contribution in [2.45, 2.75) is 52.6 Å². The van der Waals surface area contributed by atoms with Crippen molar-refractivity contribution < 1.29 is 14.3 Å². The average Bonchev–Trinajstić information content (AvgIpc) is 2.74. The number of carbonyl (C=O) groups excluding carboxylic acids is 2. The monoisotopic (exact) mass is 474 g/mol. The summed E-state index contributed by atoms with van der Waals surface area (Å²) >= 11 is 3.46. The highest BCUT2D eigenvalue weighted by atomic mass is 79.9. The smallest absolute Gasteiger partial charge is 0.261 e. The molecule has 0 unspecified atom stereocenters. The largest absolute Gasteiger partial charge is 0.484 e. The zero-order valence-electron chi connectivity index (χ0n) is 18.2. The van der Waals surface area contributed by atoms with Crippen LogP contribution in [-0.2, 0) is 16.1 Å². The van der Waals surface area contributed by atoms with E-state index in [1.54, 1.807) is 11.8 Å². The summed E-state index contributed by atoms with van der Waals surface area (Å²) in [6, 6.07) is 14.9. The van der Waals surface area contributed by atoms with Gasteiger partial charge in [0.05, 0.1) is 0 Å². The molecule has 0 saturated carbocycles. The fraction of sp³-hybridized carbons (Fsp3) is 0.417. The van der Waals surface area contributed by atoms with Crippen LogP contribution in [0.3, 0.4) is 0 Å². The van der Waals surface area contributed by atoms with Gasteiger partial charge in [-0.05, 0) is 54.7 Å². The number of hydrogen-bond acceptors (Lipinski definition) is 3. The summed E-state index contributed by atoms with van der Waals surface area (Å²) in [6.07, 6.45) is 0.841. The number of ether oxygens (including phenoxy) is 1. The van der Waals surface area contributed by atoms with E-state index in [1.807, 2.05) is 55.5 Å². The first kappa shape index (κ1) is 23.9. The van der Waals surface area contributed by atoms with Crippen molar-refractivity contribution in [3.8, 4) is 5.75 Å². The van der Waals surface area contributed by atoms with E-state index in [0.29, 0.717) is 24.8 Å². The number of benzene rings is 2. The number of rotatable bonds is 10. The Kier molecular flexibility index (Phi) is 9.37. The zero-order valence-corrected chi connectivity index (χ0v) is 19.7. The third kappa shape index (κ3) is 7.17. The summed E-state index contributed by atoms with van der Waals surface area (Å²) in [5.41, 5.74) is 2.15. The van der Waals surface area contributed by atoms with E-state index >= 15 is 0 Å². The highest BCUT2D eigenvalue weighted by Crippen LogP contribution is 2.19. The van der Waals surface area contributed by atoms with Gasteiger partial charge in [-0.3, -0.25) is 9.59 Å². The molecule has 0 spiro atoms. The second kappa shape index (κ2) is 11.7. The lowest BCUT2D eigenvalue weighted by molar-refractivity contribution is -0.142. The fourth-order valence-corrected chi connectivity index (χ4v) is 3.43. The van der Waals surface area contributed by atoms with Crippen LogP contribution in [0, 0.1) is 0 Å². The molecule has 0 heterocycles. The Labute approximate surface area is 187 Å². The third-order valence-electron chi connectivity index (χ3n) is 4.87. The highest BCUT2D eigenvalue weighted by molar-refractivity contribution is 9.10. The van der Waals surface area contributed by atoms with E-state index in [0.717, 1.165) is 16.5 Å². The summed E-state index contributed by atoms with van der Waals surface area (Å²) in [5.74, 6) is 0.672. The molecule has 0 fully saturated rings. The van der Waals surface area contributed by atoms with E-state index in [4.69, 9.17) is 4.74 Å². The standard InChI is InChI=1S/C24H31BrN2O3/c1-5-13-26-24(29)18(4)27(15-19-7-6-8-21(25)14-19)23(28)16-30-22-11-9-20(10-12-22)17(2)3/h6-12,14,17-18H,5,13,15-16H2,1-4H3,(H,26,29)/t18-/m0/s1. The molecule has 0 radical (unpaired) electrons. The maximum Gasteiger partial charge on any atom is 0.261 e. The van der Waals surface area contributed by atoms with Gasteiger partial charge in [-0.25, -0.2) is 0 Å². The first-order valence-electron chi connectivity index (χ1n) is 10.4. The molecule has 2 aromatic carbocycles. The van der Waals surface area contributed by atoms with Crippen molar-refractivity contribution in [1.82, 2.24) is 10.2 Å². The van der Waals surface area contributed by atoms with Gasteiger partial charge in [0.1, 0.15) is 11.8 Å². The van der Waals surface area contributed by atoms with Gasteiger partial charge >= 0.3 is 0 Å². The maximum absolute atomic E-state index is 13.0. The molecule has 0 aromatic heterocycles.